The van der Waals surface area contributed by atoms with Crippen molar-refractivity contribution < 1.29 is 4.79 Å². The molecular formula is C22H20ClN3O. The molecule has 3 N–H and O–H groups in total. The zero-order chi connectivity index (χ0) is 18.8. The summed E-state index contributed by atoms with van der Waals surface area (Å²) in [5.41, 5.74) is 12.6. The van der Waals surface area contributed by atoms with E-state index in [1.807, 2.05) is 48.5 Å². The van der Waals surface area contributed by atoms with Crippen molar-refractivity contribution in [3.63, 3.8) is 0 Å². The van der Waals surface area contributed by atoms with Crippen molar-refractivity contribution in [2.24, 2.45) is 5.73 Å². The molecule has 4 rings (SSSR count). The number of aromatic nitrogens is 1. The summed E-state index contributed by atoms with van der Waals surface area (Å²) in [6, 6.07) is 17.6. The van der Waals surface area contributed by atoms with Gasteiger partial charge in [0.1, 0.15) is 0 Å². The number of hydrogen-bond donors (Lipinski definition) is 2. The molecule has 4 nitrogen and oxygen atoms in total. The van der Waals surface area contributed by atoms with Gasteiger partial charge in [-0.2, -0.15) is 0 Å². The van der Waals surface area contributed by atoms with Crippen LogP contribution in [-0.4, -0.2) is 10.9 Å². The number of carbonyl (C=O) groups is 1. The van der Waals surface area contributed by atoms with Gasteiger partial charge in [-0.3, -0.25) is 9.78 Å². The maximum Gasteiger partial charge on any atom is 0.221 e. The third-order valence-electron chi connectivity index (χ3n) is 4.77. The van der Waals surface area contributed by atoms with Crippen LogP contribution < -0.4 is 11.1 Å². The van der Waals surface area contributed by atoms with Gasteiger partial charge in [-0.15, -0.1) is 0 Å². The summed E-state index contributed by atoms with van der Waals surface area (Å²) in [7, 11) is 0. The Kier molecular flexibility index (Phi) is 4.82. The number of primary amides is 1. The molecule has 1 aliphatic carbocycles. The summed E-state index contributed by atoms with van der Waals surface area (Å²) >= 11 is 6.02. The lowest BCUT2D eigenvalue weighted by molar-refractivity contribution is -0.117. The van der Waals surface area contributed by atoms with Gasteiger partial charge in [0, 0.05) is 27.7 Å². The Morgan fingerprint density at radius 1 is 1.11 bits per heavy atom. The van der Waals surface area contributed by atoms with Crippen molar-refractivity contribution in [1.29, 1.82) is 0 Å². The topological polar surface area (TPSA) is 68.0 Å². The van der Waals surface area contributed by atoms with Crippen LogP contribution in [0.25, 0.3) is 11.3 Å². The SMILES string of the molecule is NC(=O)Cc1cccc(Nc2cc(-c3ccc(Cl)cc3)nc3c2CCC3)c1. The molecule has 5 heteroatoms. The fourth-order valence-corrected chi connectivity index (χ4v) is 3.66. The molecule has 2 aromatic carbocycles. The first-order valence-corrected chi connectivity index (χ1v) is 9.39. The van der Waals surface area contributed by atoms with Crippen molar-refractivity contribution in [3.8, 4) is 11.3 Å². The molecule has 0 unspecified atom stereocenters. The van der Waals surface area contributed by atoms with E-state index in [-0.39, 0.29) is 12.3 Å². The Bertz CT molecular complexity index is 999. The molecule has 0 saturated carbocycles. The lowest BCUT2D eigenvalue weighted by atomic mass is 10.1. The fraction of sp³-hybridized carbons (Fsp3) is 0.182. The molecule has 0 radical (unpaired) electrons. The van der Waals surface area contributed by atoms with Gasteiger partial charge in [-0.1, -0.05) is 35.9 Å². The number of nitrogens with two attached hydrogens (primary N) is 1. The molecule has 0 atom stereocenters. The second-order valence-electron chi connectivity index (χ2n) is 6.81. The minimum atomic E-state index is -0.332. The number of halogens is 1. The second-order valence-corrected chi connectivity index (χ2v) is 7.25. The van der Waals surface area contributed by atoms with E-state index in [0.29, 0.717) is 5.02 Å². The highest BCUT2D eigenvalue weighted by Crippen LogP contribution is 2.34. The Labute approximate surface area is 163 Å². The smallest absolute Gasteiger partial charge is 0.221 e. The number of anilines is 2. The predicted octanol–water partition coefficient (Wildman–Crippen LogP) is 4.66. The lowest BCUT2D eigenvalue weighted by Crippen LogP contribution is -2.13. The van der Waals surface area contributed by atoms with E-state index in [1.165, 1.54) is 5.56 Å². The molecule has 3 aromatic rings. The van der Waals surface area contributed by atoms with Crippen LogP contribution >= 0.6 is 11.6 Å². The zero-order valence-corrected chi connectivity index (χ0v) is 15.6. The summed E-state index contributed by atoms with van der Waals surface area (Å²) in [6.45, 7) is 0. The highest BCUT2D eigenvalue weighted by molar-refractivity contribution is 6.30. The normalized spacial score (nSPS) is 12.6. The summed E-state index contributed by atoms with van der Waals surface area (Å²) in [4.78, 5) is 16.1. The maximum absolute atomic E-state index is 11.2. The monoisotopic (exact) mass is 377 g/mol. The molecule has 0 aliphatic heterocycles. The first-order valence-electron chi connectivity index (χ1n) is 9.01. The van der Waals surface area contributed by atoms with Gasteiger partial charge in [-0.05, 0) is 60.7 Å². The number of nitrogens with one attached hydrogen (secondary N) is 1. The Morgan fingerprint density at radius 3 is 2.70 bits per heavy atom. The van der Waals surface area contributed by atoms with Crippen LogP contribution in [0.4, 0.5) is 11.4 Å². The van der Waals surface area contributed by atoms with Gasteiger partial charge in [0.25, 0.3) is 0 Å². The largest absolute Gasteiger partial charge is 0.369 e. The van der Waals surface area contributed by atoms with Crippen LogP contribution in [0, 0.1) is 0 Å². The molecule has 0 bridgehead atoms. The van der Waals surface area contributed by atoms with E-state index >= 15 is 0 Å². The summed E-state index contributed by atoms with van der Waals surface area (Å²) in [6.07, 6.45) is 3.36. The van der Waals surface area contributed by atoms with E-state index in [0.717, 1.165) is 53.2 Å². The summed E-state index contributed by atoms with van der Waals surface area (Å²) in [5.74, 6) is -0.332. The number of nitrogens with zero attached hydrogens (tertiary/aromatic N) is 1. The molecule has 0 saturated heterocycles. The van der Waals surface area contributed by atoms with Crippen LogP contribution in [0.15, 0.2) is 54.6 Å². The van der Waals surface area contributed by atoms with Gasteiger partial charge in [0.15, 0.2) is 0 Å². The van der Waals surface area contributed by atoms with E-state index in [9.17, 15) is 4.79 Å². The van der Waals surface area contributed by atoms with Crippen molar-refractivity contribution >= 4 is 28.9 Å². The number of hydrogen-bond acceptors (Lipinski definition) is 3. The van der Waals surface area contributed by atoms with Crippen LogP contribution in [-0.2, 0) is 24.1 Å². The van der Waals surface area contributed by atoms with Crippen LogP contribution in [0.2, 0.25) is 5.02 Å². The number of benzene rings is 2. The first-order chi connectivity index (χ1) is 13.1. The quantitative estimate of drug-likeness (QED) is 0.679. The van der Waals surface area contributed by atoms with Gasteiger partial charge in [0.2, 0.25) is 5.91 Å². The van der Waals surface area contributed by atoms with Crippen LogP contribution in [0.3, 0.4) is 0 Å². The number of carbonyl (C=O) groups excluding carboxylic acids is 1. The highest BCUT2D eigenvalue weighted by atomic mass is 35.5. The lowest BCUT2D eigenvalue weighted by Gasteiger charge is -2.14. The average Bonchev–Trinajstić information content (AvgIpc) is 3.11. The Morgan fingerprint density at radius 2 is 1.93 bits per heavy atom. The molecule has 1 aliphatic rings. The number of rotatable bonds is 5. The van der Waals surface area contributed by atoms with Crippen LogP contribution in [0.5, 0.6) is 0 Å². The number of fused-ring (bicyclic) bond motifs is 1. The minimum absolute atomic E-state index is 0.236. The second kappa shape index (κ2) is 7.41. The van der Waals surface area contributed by atoms with E-state index in [4.69, 9.17) is 22.3 Å². The fourth-order valence-electron chi connectivity index (χ4n) is 3.54. The Balaban J connectivity index is 1.70. The highest BCUT2D eigenvalue weighted by Gasteiger charge is 2.19. The molecule has 1 heterocycles. The third-order valence-corrected chi connectivity index (χ3v) is 5.03. The molecular weight excluding hydrogens is 358 g/mol. The first kappa shape index (κ1) is 17.6. The van der Waals surface area contributed by atoms with Gasteiger partial charge in [0.05, 0.1) is 12.1 Å². The molecule has 0 spiro atoms. The molecule has 0 fully saturated rings. The Hall–Kier alpha value is -2.85. The van der Waals surface area contributed by atoms with Crippen molar-refractivity contribution in [1.82, 2.24) is 4.98 Å². The van der Waals surface area contributed by atoms with Crippen LogP contribution in [0.1, 0.15) is 23.2 Å². The maximum atomic E-state index is 11.2. The minimum Gasteiger partial charge on any atom is -0.369 e. The van der Waals surface area contributed by atoms with E-state index < -0.39 is 0 Å². The van der Waals surface area contributed by atoms with E-state index in [1.54, 1.807) is 0 Å². The van der Waals surface area contributed by atoms with Gasteiger partial charge >= 0.3 is 0 Å². The molecule has 1 aromatic heterocycles. The molecule has 136 valence electrons. The van der Waals surface area contributed by atoms with Gasteiger partial charge in [-0.25, -0.2) is 0 Å². The van der Waals surface area contributed by atoms with Crippen molar-refractivity contribution in [3.05, 3.63) is 76.4 Å². The zero-order valence-electron chi connectivity index (χ0n) is 14.8. The number of pyridine rings is 1. The third kappa shape index (κ3) is 3.96. The number of aryl methyl sites for hydroxylation is 1. The number of amides is 1. The summed E-state index contributed by atoms with van der Waals surface area (Å²) in [5, 5.41) is 4.23. The molecule has 27 heavy (non-hydrogen) atoms. The molecule has 1 amide bonds. The van der Waals surface area contributed by atoms with Crippen molar-refractivity contribution in [2.45, 2.75) is 25.7 Å². The average molecular weight is 378 g/mol. The predicted molar refractivity (Wildman–Crippen MR) is 109 cm³/mol. The van der Waals surface area contributed by atoms with E-state index in [2.05, 4.69) is 11.4 Å². The van der Waals surface area contributed by atoms with Gasteiger partial charge < -0.3 is 11.1 Å². The van der Waals surface area contributed by atoms with Crippen molar-refractivity contribution in [2.75, 3.05) is 5.32 Å². The standard InChI is InChI=1S/C22H20ClN3O/c23-16-9-7-15(8-10-16)20-13-21(18-5-2-6-19(18)26-20)25-17-4-1-3-14(11-17)12-22(24)27/h1,3-4,7-11,13H,2,5-6,12H2,(H2,24,27)(H,25,26). The summed E-state index contributed by atoms with van der Waals surface area (Å²) < 4.78 is 0.